The summed E-state index contributed by atoms with van der Waals surface area (Å²) in [5.41, 5.74) is 6.49. The van der Waals surface area contributed by atoms with E-state index in [0.717, 1.165) is 47.5 Å². The van der Waals surface area contributed by atoms with Crippen LogP contribution in [0.25, 0.3) is 0 Å². The Balaban J connectivity index is 1.49. The Hall–Kier alpha value is -2.29. The van der Waals surface area contributed by atoms with Gasteiger partial charge in [0.25, 0.3) is 0 Å². The van der Waals surface area contributed by atoms with Crippen molar-refractivity contribution in [3.8, 4) is 0 Å². The van der Waals surface area contributed by atoms with Gasteiger partial charge in [0, 0.05) is 54.2 Å². The summed E-state index contributed by atoms with van der Waals surface area (Å²) in [6.07, 6.45) is 1.92. The second kappa shape index (κ2) is 8.22. The van der Waals surface area contributed by atoms with E-state index in [-0.39, 0.29) is 6.10 Å². The predicted octanol–water partition coefficient (Wildman–Crippen LogP) is 3.82. The monoisotopic (exact) mass is 412 g/mol. The maximum absolute atomic E-state index is 6.09. The first-order chi connectivity index (χ1) is 13.9. The summed E-state index contributed by atoms with van der Waals surface area (Å²) in [7, 11) is 1.98. The van der Waals surface area contributed by atoms with Crippen LogP contribution in [0.2, 0.25) is 0 Å². The summed E-state index contributed by atoms with van der Waals surface area (Å²) in [4.78, 5) is 13.0. The normalized spacial score (nSPS) is 17.6. The molecule has 1 atom stereocenters. The van der Waals surface area contributed by atoms with E-state index in [1.807, 2.05) is 31.8 Å². The van der Waals surface area contributed by atoms with Crippen molar-refractivity contribution in [3.63, 3.8) is 0 Å². The van der Waals surface area contributed by atoms with Gasteiger partial charge >= 0.3 is 0 Å². The highest BCUT2D eigenvalue weighted by molar-refractivity contribution is 7.15. The molecule has 3 aromatic heterocycles. The van der Waals surface area contributed by atoms with E-state index in [1.54, 1.807) is 11.3 Å². The van der Waals surface area contributed by atoms with Gasteiger partial charge in [-0.1, -0.05) is 0 Å². The maximum atomic E-state index is 6.09. The second-order valence-electron chi connectivity index (χ2n) is 7.68. The summed E-state index contributed by atoms with van der Waals surface area (Å²) in [5.74, 6) is 0. The van der Waals surface area contributed by atoms with Crippen molar-refractivity contribution in [2.24, 2.45) is 7.05 Å². The largest absolute Gasteiger partial charge is 0.369 e. The molecule has 0 amide bonds. The molecule has 4 rings (SSSR count). The van der Waals surface area contributed by atoms with Crippen LogP contribution >= 0.6 is 11.3 Å². The predicted molar refractivity (Wildman–Crippen MR) is 116 cm³/mol. The van der Waals surface area contributed by atoms with Crippen LogP contribution in [0.1, 0.15) is 39.3 Å². The third kappa shape index (κ3) is 4.49. The van der Waals surface area contributed by atoms with E-state index in [0.29, 0.717) is 6.61 Å². The lowest BCUT2D eigenvalue weighted by atomic mass is 10.1. The molecule has 0 bridgehead atoms. The van der Waals surface area contributed by atoms with Crippen LogP contribution in [0, 0.1) is 27.7 Å². The summed E-state index contributed by atoms with van der Waals surface area (Å²) >= 11 is 1.67. The molecule has 1 aliphatic rings. The molecule has 29 heavy (non-hydrogen) atoms. The quantitative estimate of drug-likeness (QED) is 0.687. The highest BCUT2D eigenvalue weighted by Crippen LogP contribution is 2.28. The number of aromatic nitrogens is 4. The fraction of sp³-hybridized carbons (Fsp3) is 0.476. The average Bonchev–Trinajstić information content (AvgIpc) is 3.16. The van der Waals surface area contributed by atoms with Crippen LogP contribution in [0.3, 0.4) is 0 Å². The van der Waals surface area contributed by atoms with Crippen LogP contribution in [-0.2, 0) is 18.3 Å². The average molecular weight is 413 g/mol. The van der Waals surface area contributed by atoms with Crippen LogP contribution in [-0.4, -0.2) is 44.3 Å². The molecule has 7 nitrogen and oxygen atoms in total. The summed E-state index contributed by atoms with van der Waals surface area (Å²) in [6, 6.07) is 4.14. The molecule has 1 aliphatic heterocycles. The first-order valence-corrected chi connectivity index (χ1v) is 10.7. The lowest BCUT2D eigenvalue weighted by molar-refractivity contribution is -0.0350. The molecular formula is C21H28N6OS. The molecule has 0 radical (unpaired) electrons. The van der Waals surface area contributed by atoms with Gasteiger partial charge in [0.1, 0.15) is 6.10 Å². The van der Waals surface area contributed by atoms with Gasteiger partial charge in [-0.25, -0.2) is 4.98 Å². The molecule has 1 saturated heterocycles. The second-order valence-corrected chi connectivity index (χ2v) is 8.88. The number of nitrogens with one attached hydrogen (secondary N) is 1. The van der Waals surface area contributed by atoms with Gasteiger partial charge in [-0.2, -0.15) is 5.10 Å². The molecular weight excluding hydrogens is 384 g/mol. The number of rotatable bonds is 5. The van der Waals surface area contributed by atoms with Crippen molar-refractivity contribution in [3.05, 3.63) is 51.5 Å². The van der Waals surface area contributed by atoms with Gasteiger partial charge in [0.05, 0.1) is 24.2 Å². The standard InChI is InChI=1S/C21H28N6OS/c1-13-8-18(25-21-24-14(2)16(4)29-21)9-19(23-13)20-12-27(6-7-28-20)11-17-10-22-26(5)15(17)3/h8-10,20H,6-7,11-12H2,1-5H3,(H,23,24,25). The van der Waals surface area contributed by atoms with E-state index in [4.69, 9.17) is 9.72 Å². The van der Waals surface area contributed by atoms with Crippen molar-refractivity contribution in [2.45, 2.75) is 40.3 Å². The molecule has 0 spiro atoms. The zero-order valence-corrected chi connectivity index (χ0v) is 18.5. The molecule has 1 N–H and O–H groups in total. The number of nitrogens with zero attached hydrogens (tertiary/aromatic N) is 5. The number of ether oxygens (including phenoxy) is 1. The van der Waals surface area contributed by atoms with Crippen LogP contribution < -0.4 is 5.32 Å². The highest BCUT2D eigenvalue weighted by atomic mass is 32.1. The van der Waals surface area contributed by atoms with Crippen LogP contribution in [0.4, 0.5) is 10.8 Å². The SMILES string of the molecule is Cc1cc(Nc2nc(C)c(C)s2)cc(C2CN(Cc3cnn(C)c3C)CCO2)n1. The van der Waals surface area contributed by atoms with Gasteiger partial charge in [-0.3, -0.25) is 14.6 Å². The fourth-order valence-electron chi connectivity index (χ4n) is 3.55. The number of hydrogen-bond acceptors (Lipinski definition) is 7. The van der Waals surface area contributed by atoms with Crippen molar-refractivity contribution in [1.29, 1.82) is 0 Å². The number of anilines is 2. The number of morpholine rings is 1. The fourth-order valence-corrected chi connectivity index (χ4v) is 4.38. The molecule has 154 valence electrons. The smallest absolute Gasteiger partial charge is 0.187 e. The zero-order valence-electron chi connectivity index (χ0n) is 17.7. The van der Waals surface area contributed by atoms with Crippen molar-refractivity contribution in [2.75, 3.05) is 25.0 Å². The molecule has 1 fully saturated rings. The van der Waals surface area contributed by atoms with E-state index in [1.165, 1.54) is 16.1 Å². The lowest BCUT2D eigenvalue weighted by Crippen LogP contribution is -2.38. The zero-order chi connectivity index (χ0) is 20.5. The minimum absolute atomic E-state index is 0.0408. The van der Waals surface area contributed by atoms with E-state index in [9.17, 15) is 0 Å². The Bertz CT molecular complexity index is 991. The Morgan fingerprint density at radius 3 is 2.72 bits per heavy atom. The summed E-state index contributed by atoms with van der Waals surface area (Å²) in [5, 5.41) is 8.71. The van der Waals surface area contributed by atoms with E-state index in [2.05, 4.69) is 46.3 Å². The van der Waals surface area contributed by atoms with Gasteiger partial charge < -0.3 is 10.1 Å². The first-order valence-electron chi connectivity index (χ1n) is 9.90. The Labute approximate surface area is 175 Å². The molecule has 0 aromatic carbocycles. The number of thiazole rings is 1. The van der Waals surface area contributed by atoms with Gasteiger partial charge in [0.15, 0.2) is 5.13 Å². The van der Waals surface area contributed by atoms with Crippen molar-refractivity contribution < 1.29 is 4.74 Å². The van der Waals surface area contributed by atoms with E-state index < -0.39 is 0 Å². The van der Waals surface area contributed by atoms with Gasteiger partial charge in [-0.05, 0) is 39.8 Å². The third-order valence-corrected chi connectivity index (χ3v) is 6.45. The van der Waals surface area contributed by atoms with Gasteiger partial charge in [-0.15, -0.1) is 11.3 Å². The Kier molecular flexibility index (Phi) is 5.67. The summed E-state index contributed by atoms with van der Waals surface area (Å²) < 4.78 is 8.01. The molecule has 3 aromatic rings. The van der Waals surface area contributed by atoms with Gasteiger partial charge in [0.2, 0.25) is 0 Å². The molecule has 0 aliphatic carbocycles. The molecule has 0 saturated carbocycles. The lowest BCUT2D eigenvalue weighted by Gasteiger charge is -2.32. The Morgan fingerprint density at radius 1 is 1.21 bits per heavy atom. The minimum atomic E-state index is -0.0408. The number of pyridine rings is 1. The van der Waals surface area contributed by atoms with Crippen LogP contribution in [0.15, 0.2) is 18.3 Å². The highest BCUT2D eigenvalue weighted by Gasteiger charge is 2.24. The molecule has 4 heterocycles. The molecule has 8 heteroatoms. The minimum Gasteiger partial charge on any atom is -0.369 e. The number of hydrogen-bond donors (Lipinski definition) is 1. The molecule has 1 unspecified atom stereocenters. The first kappa shape index (κ1) is 20.0. The van der Waals surface area contributed by atoms with Crippen LogP contribution in [0.5, 0.6) is 0 Å². The number of aryl methyl sites for hydroxylation is 4. The Morgan fingerprint density at radius 2 is 2.03 bits per heavy atom. The third-order valence-electron chi connectivity index (χ3n) is 5.46. The topological polar surface area (TPSA) is 68.1 Å². The van der Waals surface area contributed by atoms with Crippen molar-refractivity contribution >= 4 is 22.2 Å². The summed E-state index contributed by atoms with van der Waals surface area (Å²) in [6.45, 7) is 11.6. The maximum Gasteiger partial charge on any atom is 0.187 e. The van der Waals surface area contributed by atoms with Crippen molar-refractivity contribution in [1.82, 2.24) is 24.6 Å². The van der Waals surface area contributed by atoms with E-state index >= 15 is 0 Å².